The monoisotopic (exact) mass is 233 g/mol. The minimum Gasteiger partial charge on any atom is -0.468 e. The summed E-state index contributed by atoms with van der Waals surface area (Å²) in [5, 5.41) is 3.50. The Morgan fingerprint density at radius 3 is 2.47 bits per heavy atom. The van der Waals surface area contributed by atoms with Gasteiger partial charge in [-0.05, 0) is 45.9 Å². The molecular weight excluding hydrogens is 214 g/mol. The zero-order chi connectivity index (χ0) is 12.4. The highest BCUT2D eigenvalue weighted by Gasteiger charge is 2.16. The second-order valence-corrected chi connectivity index (χ2v) is 4.49. The molecule has 0 saturated carbocycles. The third-order valence-corrected chi connectivity index (χ3v) is 3.02. The van der Waals surface area contributed by atoms with E-state index in [1.54, 1.807) is 6.26 Å². The van der Waals surface area contributed by atoms with E-state index >= 15 is 0 Å². The average molecular weight is 233 g/mol. The maximum Gasteiger partial charge on any atom is 0.120 e. The Kier molecular flexibility index (Phi) is 3.38. The molecular formula is C14H19NO2. The molecule has 3 heteroatoms. The Labute approximate surface area is 102 Å². The lowest BCUT2D eigenvalue weighted by molar-refractivity contribution is 0.399. The van der Waals surface area contributed by atoms with E-state index in [1.807, 2.05) is 26.0 Å². The first-order chi connectivity index (χ1) is 8.08. The molecule has 3 nitrogen and oxygen atoms in total. The van der Waals surface area contributed by atoms with Gasteiger partial charge in [0.1, 0.15) is 17.3 Å². The molecule has 0 aliphatic rings. The molecule has 2 aromatic rings. The summed E-state index contributed by atoms with van der Waals surface area (Å²) in [4.78, 5) is 0. The molecule has 2 heterocycles. The molecule has 0 bridgehead atoms. The second kappa shape index (κ2) is 4.80. The number of nitrogens with one attached hydrogen (secondary N) is 1. The molecule has 0 spiro atoms. The molecule has 2 atom stereocenters. The van der Waals surface area contributed by atoms with E-state index in [-0.39, 0.29) is 12.1 Å². The average Bonchev–Trinajstić information content (AvgIpc) is 2.87. The summed E-state index contributed by atoms with van der Waals surface area (Å²) in [7, 11) is 0. The first kappa shape index (κ1) is 12.0. The van der Waals surface area contributed by atoms with E-state index in [2.05, 4.69) is 25.2 Å². The van der Waals surface area contributed by atoms with Crippen LogP contribution in [0.3, 0.4) is 0 Å². The van der Waals surface area contributed by atoms with Crippen molar-refractivity contribution in [3.8, 4) is 0 Å². The van der Waals surface area contributed by atoms with Crippen molar-refractivity contribution in [1.29, 1.82) is 0 Å². The van der Waals surface area contributed by atoms with Gasteiger partial charge in [0.2, 0.25) is 0 Å². The molecule has 0 aliphatic carbocycles. The zero-order valence-electron chi connectivity index (χ0n) is 10.8. The number of rotatable bonds is 4. The molecule has 92 valence electrons. The molecule has 17 heavy (non-hydrogen) atoms. The van der Waals surface area contributed by atoms with Crippen LogP contribution in [0, 0.1) is 13.8 Å². The fraction of sp³-hybridized carbons (Fsp3) is 0.429. The Hall–Kier alpha value is -1.48. The summed E-state index contributed by atoms with van der Waals surface area (Å²) in [5.74, 6) is 2.89. The smallest absolute Gasteiger partial charge is 0.120 e. The van der Waals surface area contributed by atoms with Gasteiger partial charge in [-0.1, -0.05) is 0 Å². The van der Waals surface area contributed by atoms with E-state index in [4.69, 9.17) is 8.83 Å². The third-order valence-electron chi connectivity index (χ3n) is 3.02. The Morgan fingerprint density at radius 2 is 1.94 bits per heavy atom. The van der Waals surface area contributed by atoms with Gasteiger partial charge in [0, 0.05) is 11.6 Å². The first-order valence-electron chi connectivity index (χ1n) is 5.94. The van der Waals surface area contributed by atoms with Gasteiger partial charge in [-0.15, -0.1) is 0 Å². The van der Waals surface area contributed by atoms with Crippen LogP contribution in [-0.4, -0.2) is 0 Å². The Morgan fingerprint density at radius 1 is 1.18 bits per heavy atom. The molecule has 1 N–H and O–H groups in total. The van der Waals surface area contributed by atoms with Gasteiger partial charge in [0.15, 0.2) is 0 Å². The summed E-state index contributed by atoms with van der Waals surface area (Å²) in [6.07, 6.45) is 1.70. The van der Waals surface area contributed by atoms with Crippen LogP contribution in [0.2, 0.25) is 0 Å². The summed E-state index contributed by atoms with van der Waals surface area (Å²) >= 11 is 0. The standard InChI is InChI=1S/C14H19NO2/c1-9-8-13(12(4)17-9)10(2)15-11(3)14-6-5-7-16-14/h5-8,10-11,15H,1-4H3/t10?,11-/m1/s1. The molecule has 2 rings (SSSR count). The van der Waals surface area contributed by atoms with E-state index in [9.17, 15) is 0 Å². The van der Waals surface area contributed by atoms with Crippen molar-refractivity contribution in [2.24, 2.45) is 0 Å². The van der Waals surface area contributed by atoms with Crippen molar-refractivity contribution in [3.63, 3.8) is 0 Å². The SMILES string of the molecule is Cc1cc(C(C)N[C@H](C)c2ccco2)c(C)o1. The molecule has 2 aromatic heterocycles. The van der Waals surface area contributed by atoms with Gasteiger partial charge in [-0.2, -0.15) is 0 Å². The molecule has 0 aliphatic heterocycles. The highest BCUT2D eigenvalue weighted by molar-refractivity contribution is 5.23. The van der Waals surface area contributed by atoms with Gasteiger partial charge < -0.3 is 14.2 Å². The van der Waals surface area contributed by atoms with Crippen molar-refractivity contribution >= 4 is 0 Å². The molecule has 0 saturated heterocycles. The summed E-state index contributed by atoms with van der Waals surface area (Å²) in [6, 6.07) is 6.41. The molecule has 1 unspecified atom stereocenters. The van der Waals surface area contributed by atoms with E-state index in [0.717, 1.165) is 17.3 Å². The summed E-state index contributed by atoms with van der Waals surface area (Å²) in [6.45, 7) is 8.20. The van der Waals surface area contributed by atoms with Crippen LogP contribution >= 0.6 is 0 Å². The largest absolute Gasteiger partial charge is 0.468 e. The van der Waals surface area contributed by atoms with Crippen LogP contribution in [0.4, 0.5) is 0 Å². The van der Waals surface area contributed by atoms with Crippen molar-refractivity contribution in [2.75, 3.05) is 0 Å². The van der Waals surface area contributed by atoms with Gasteiger partial charge in [-0.3, -0.25) is 0 Å². The third kappa shape index (κ3) is 2.61. The Balaban J connectivity index is 2.06. The lowest BCUT2D eigenvalue weighted by Crippen LogP contribution is -2.22. The summed E-state index contributed by atoms with van der Waals surface area (Å²) in [5.41, 5.74) is 1.21. The van der Waals surface area contributed by atoms with Crippen molar-refractivity contribution in [3.05, 3.63) is 47.3 Å². The number of furan rings is 2. The predicted molar refractivity (Wildman–Crippen MR) is 66.9 cm³/mol. The maximum atomic E-state index is 5.54. The first-order valence-corrected chi connectivity index (χ1v) is 5.94. The van der Waals surface area contributed by atoms with E-state index in [0.29, 0.717) is 0 Å². The minimum atomic E-state index is 0.189. The van der Waals surface area contributed by atoms with Gasteiger partial charge in [0.25, 0.3) is 0 Å². The van der Waals surface area contributed by atoms with E-state index < -0.39 is 0 Å². The Bertz CT molecular complexity index is 470. The van der Waals surface area contributed by atoms with Gasteiger partial charge in [-0.25, -0.2) is 0 Å². The highest BCUT2D eigenvalue weighted by Crippen LogP contribution is 2.24. The van der Waals surface area contributed by atoms with Crippen molar-refractivity contribution in [1.82, 2.24) is 5.32 Å². The van der Waals surface area contributed by atoms with Crippen LogP contribution in [-0.2, 0) is 0 Å². The fourth-order valence-electron chi connectivity index (χ4n) is 2.16. The number of aryl methyl sites for hydroxylation is 2. The normalized spacial score (nSPS) is 14.8. The van der Waals surface area contributed by atoms with Crippen LogP contribution in [0.1, 0.15) is 48.8 Å². The molecule has 0 aromatic carbocycles. The summed E-state index contributed by atoms with van der Waals surface area (Å²) < 4.78 is 10.9. The second-order valence-electron chi connectivity index (χ2n) is 4.49. The molecule has 0 fully saturated rings. The van der Waals surface area contributed by atoms with Gasteiger partial charge in [0.05, 0.1) is 12.3 Å². The van der Waals surface area contributed by atoms with Crippen LogP contribution in [0.15, 0.2) is 33.3 Å². The highest BCUT2D eigenvalue weighted by atomic mass is 16.3. The van der Waals surface area contributed by atoms with Gasteiger partial charge >= 0.3 is 0 Å². The maximum absolute atomic E-state index is 5.54. The van der Waals surface area contributed by atoms with Crippen LogP contribution < -0.4 is 5.32 Å². The van der Waals surface area contributed by atoms with Crippen LogP contribution in [0.5, 0.6) is 0 Å². The lowest BCUT2D eigenvalue weighted by Gasteiger charge is -2.18. The quantitative estimate of drug-likeness (QED) is 0.870. The van der Waals surface area contributed by atoms with Crippen LogP contribution in [0.25, 0.3) is 0 Å². The lowest BCUT2D eigenvalue weighted by atomic mass is 10.1. The predicted octanol–water partition coefficient (Wildman–Crippen LogP) is 3.90. The van der Waals surface area contributed by atoms with Crippen molar-refractivity contribution in [2.45, 2.75) is 39.8 Å². The zero-order valence-corrected chi connectivity index (χ0v) is 10.8. The van der Waals surface area contributed by atoms with E-state index in [1.165, 1.54) is 5.56 Å². The molecule has 0 radical (unpaired) electrons. The minimum absolute atomic E-state index is 0.189. The number of hydrogen-bond acceptors (Lipinski definition) is 3. The topological polar surface area (TPSA) is 38.3 Å². The molecule has 0 amide bonds. The fourth-order valence-corrected chi connectivity index (χ4v) is 2.16. The van der Waals surface area contributed by atoms with Crippen molar-refractivity contribution < 1.29 is 8.83 Å². The number of hydrogen-bond donors (Lipinski definition) is 1.